The molecule has 19 heavy (non-hydrogen) atoms. The van der Waals surface area contributed by atoms with E-state index in [2.05, 4.69) is 34.3 Å². The lowest BCUT2D eigenvalue weighted by atomic mass is 10.2. The van der Waals surface area contributed by atoms with Crippen LogP contribution in [0.1, 0.15) is 25.1 Å². The molecular weight excluding hydrogens is 240 g/mol. The van der Waals surface area contributed by atoms with Crippen molar-refractivity contribution in [3.63, 3.8) is 0 Å². The molecule has 0 aliphatic carbocycles. The summed E-state index contributed by atoms with van der Waals surface area (Å²) in [5, 5.41) is 10.3. The number of ether oxygens (including phenoxy) is 1. The van der Waals surface area contributed by atoms with Crippen LogP contribution in [0.4, 0.5) is 0 Å². The molecule has 2 rings (SSSR count). The minimum Gasteiger partial charge on any atom is -0.436 e. The highest BCUT2D eigenvalue weighted by Gasteiger charge is 2.07. The molecule has 2 aromatic heterocycles. The van der Waals surface area contributed by atoms with Gasteiger partial charge in [0.2, 0.25) is 5.88 Å². The second-order valence-corrected chi connectivity index (χ2v) is 5.00. The van der Waals surface area contributed by atoms with Gasteiger partial charge in [-0.25, -0.2) is 0 Å². The summed E-state index contributed by atoms with van der Waals surface area (Å²) >= 11 is 0. The summed E-state index contributed by atoms with van der Waals surface area (Å²) in [6, 6.07) is 3.82. The second-order valence-electron chi connectivity index (χ2n) is 5.00. The number of hydrogen-bond donors (Lipinski definition) is 2. The number of rotatable bonds is 6. The van der Waals surface area contributed by atoms with Gasteiger partial charge in [-0.3, -0.25) is 10.1 Å². The molecule has 0 fully saturated rings. The van der Waals surface area contributed by atoms with Gasteiger partial charge in [0.25, 0.3) is 0 Å². The van der Waals surface area contributed by atoms with E-state index in [1.165, 1.54) is 0 Å². The SMILES string of the molecule is Cc1cc(Oc2cnccc2CNCC(C)C)n[nH]1. The van der Waals surface area contributed by atoms with Crippen molar-refractivity contribution in [3.8, 4) is 11.6 Å². The van der Waals surface area contributed by atoms with Crippen molar-refractivity contribution in [2.24, 2.45) is 5.92 Å². The average Bonchev–Trinajstić information content (AvgIpc) is 2.77. The van der Waals surface area contributed by atoms with Crippen molar-refractivity contribution in [2.45, 2.75) is 27.3 Å². The van der Waals surface area contributed by atoms with Gasteiger partial charge in [-0.1, -0.05) is 13.8 Å². The molecule has 0 amide bonds. The fourth-order valence-electron chi connectivity index (χ4n) is 1.70. The highest BCUT2D eigenvalue weighted by atomic mass is 16.5. The third-order valence-corrected chi connectivity index (χ3v) is 2.64. The van der Waals surface area contributed by atoms with E-state index in [1.54, 1.807) is 12.4 Å². The number of nitrogens with zero attached hydrogens (tertiary/aromatic N) is 2. The third-order valence-electron chi connectivity index (χ3n) is 2.64. The second kappa shape index (κ2) is 6.33. The third kappa shape index (κ3) is 4.06. The lowest BCUT2D eigenvalue weighted by Crippen LogP contribution is -2.19. The minimum atomic E-state index is 0.565. The zero-order valence-corrected chi connectivity index (χ0v) is 11.6. The number of aromatic nitrogens is 3. The van der Waals surface area contributed by atoms with Crippen LogP contribution in [0.2, 0.25) is 0 Å². The Labute approximate surface area is 113 Å². The first-order valence-electron chi connectivity index (χ1n) is 6.48. The van der Waals surface area contributed by atoms with Crippen LogP contribution in [0.5, 0.6) is 11.6 Å². The molecule has 0 unspecified atom stereocenters. The first-order valence-corrected chi connectivity index (χ1v) is 6.48. The van der Waals surface area contributed by atoms with Crippen LogP contribution in [-0.4, -0.2) is 21.7 Å². The zero-order chi connectivity index (χ0) is 13.7. The van der Waals surface area contributed by atoms with Gasteiger partial charge in [0, 0.05) is 30.1 Å². The summed E-state index contributed by atoms with van der Waals surface area (Å²) in [4.78, 5) is 4.10. The molecular formula is C14H20N4O. The predicted molar refractivity (Wildman–Crippen MR) is 74.2 cm³/mol. The lowest BCUT2D eigenvalue weighted by molar-refractivity contribution is 0.448. The summed E-state index contributed by atoms with van der Waals surface area (Å²) in [5.74, 6) is 1.93. The van der Waals surface area contributed by atoms with Crippen molar-refractivity contribution >= 4 is 0 Å². The van der Waals surface area contributed by atoms with E-state index in [0.717, 1.165) is 30.1 Å². The number of nitrogens with one attached hydrogen (secondary N) is 2. The molecule has 5 nitrogen and oxygen atoms in total. The van der Waals surface area contributed by atoms with Gasteiger partial charge >= 0.3 is 0 Å². The lowest BCUT2D eigenvalue weighted by Gasteiger charge is -2.11. The minimum absolute atomic E-state index is 0.565. The number of hydrogen-bond acceptors (Lipinski definition) is 4. The molecule has 0 spiro atoms. The van der Waals surface area contributed by atoms with Crippen molar-refractivity contribution in [3.05, 3.63) is 35.8 Å². The Hall–Kier alpha value is -1.88. The number of pyridine rings is 1. The van der Waals surface area contributed by atoms with E-state index in [4.69, 9.17) is 4.74 Å². The molecule has 2 aromatic rings. The molecule has 102 valence electrons. The smallest absolute Gasteiger partial charge is 0.238 e. The van der Waals surface area contributed by atoms with Crippen molar-refractivity contribution < 1.29 is 4.74 Å². The highest BCUT2D eigenvalue weighted by molar-refractivity contribution is 5.33. The molecule has 0 saturated heterocycles. The molecule has 0 radical (unpaired) electrons. The van der Waals surface area contributed by atoms with Crippen molar-refractivity contribution in [2.75, 3.05) is 6.54 Å². The summed E-state index contributed by atoms with van der Waals surface area (Å²) < 4.78 is 5.74. The standard InChI is InChI=1S/C14H20N4O/c1-10(2)7-16-8-12-4-5-15-9-13(12)19-14-6-11(3)17-18-14/h4-6,9-10,16H,7-8H2,1-3H3,(H,17,18). The van der Waals surface area contributed by atoms with Gasteiger partial charge < -0.3 is 10.1 Å². The van der Waals surface area contributed by atoms with E-state index >= 15 is 0 Å². The van der Waals surface area contributed by atoms with Gasteiger partial charge in [-0.15, -0.1) is 5.10 Å². The molecule has 2 heterocycles. The number of H-pyrrole nitrogens is 1. The van der Waals surface area contributed by atoms with Crippen LogP contribution in [0.3, 0.4) is 0 Å². The highest BCUT2D eigenvalue weighted by Crippen LogP contribution is 2.23. The largest absolute Gasteiger partial charge is 0.436 e. The summed E-state index contributed by atoms with van der Waals surface area (Å²) in [5.41, 5.74) is 2.05. The molecule has 0 aromatic carbocycles. The summed E-state index contributed by atoms with van der Waals surface area (Å²) in [6.45, 7) is 8.05. The average molecular weight is 260 g/mol. The van der Waals surface area contributed by atoms with Crippen molar-refractivity contribution in [1.82, 2.24) is 20.5 Å². The van der Waals surface area contributed by atoms with Gasteiger partial charge in [-0.05, 0) is 25.5 Å². The van der Waals surface area contributed by atoms with E-state index < -0.39 is 0 Å². The Bertz CT molecular complexity index is 522. The molecule has 0 aliphatic rings. The maximum Gasteiger partial charge on any atom is 0.238 e. The predicted octanol–water partition coefficient (Wildman–Crippen LogP) is 2.65. The maximum atomic E-state index is 5.74. The van der Waals surface area contributed by atoms with E-state index in [1.807, 2.05) is 19.1 Å². The normalized spacial score (nSPS) is 10.9. The van der Waals surface area contributed by atoms with Crippen LogP contribution in [0, 0.1) is 12.8 Å². The first kappa shape index (κ1) is 13.5. The maximum absolute atomic E-state index is 5.74. The van der Waals surface area contributed by atoms with E-state index in [9.17, 15) is 0 Å². The molecule has 0 atom stereocenters. The van der Waals surface area contributed by atoms with Crippen LogP contribution >= 0.6 is 0 Å². The van der Waals surface area contributed by atoms with Crippen LogP contribution < -0.4 is 10.1 Å². The topological polar surface area (TPSA) is 62.8 Å². The fourth-order valence-corrected chi connectivity index (χ4v) is 1.70. The summed E-state index contributed by atoms with van der Waals surface area (Å²) in [7, 11) is 0. The Morgan fingerprint density at radius 1 is 1.42 bits per heavy atom. The van der Waals surface area contributed by atoms with Gasteiger partial charge in [-0.2, -0.15) is 0 Å². The number of aryl methyl sites for hydroxylation is 1. The van der Waals surface area contributed by atoms with Crippen molar-refractivity contribution in [1.29, 1.82) is 0 Å². The van der Waals surface area contributed by atoms with Gasteiger partial charge in [0.15, 0.2) is 5.75 Å². The van der Waals surface area contributed by atoms with Crippen LogP contribution in [0.25, 0.3) is 0 Å². The van der Waals surface area contributed by atoms with Gasteiger partial charge in [0.1, 0.15) is 0 Å². The van der Waals surface area contributed by atoms with Crippen LogP contribution in [-0.2, 0) is 6.54 Å². The first-order chi connectivity index (χ1) is 9.15. The van der Waals surface area contributed by atoms with E-state index in [-0.39, 0.29) is 0 Å². The number of aromatic amines is 1. The molecule has 2 N–H and O–H groups in total. The van der Waals surface area contributed by atoms with Gasteiger partial charge in [0.05, 0.1) is 6.20 Å². The Kier molecular flexibility index (Phi) is 4.52. The Morgan fingerprint density at radius 2 is 2.26 bits per heavy atom. The molecule has 0 saturated carbocycles. The Balaban J connectivity index is 2.03. The molecule has 0 aliphatic heterocycles. The van der Waals surface area contributed by atoms with E-state index in [0.29, 0.717) is 11.8 Å². The molecule has 0 bridgehead atoms. The van der Waals surface area contributed by atoms with Crippen LogP contribution in [0.15, 0.2) is 24.5 Å². The summed E-state index contributed by atoms with van der Waals surface area (Å²) in [6.07, 6.45) is 3.49. The zero-order valence-electron chi connectivity index (χ0n) is 11.6. The quantitative estimate of drug-likeness (QED) is 0.838. The fraction of sp³-hybridized carbons (Fsp3) is 0.429. The molecule has 5 heteroatoms. The Morgan fingerprint density at radius 3 is 2.95 bits per heavy atom. The monoisotopic (exact) mass is 260 g/mol.